The molecule has 108 valence electrons. The molecule has 0 bridgehead atoms. The quantitative estimate of drug-likeness (QED) is 0.335. The highest BCUT2D eigenvalue weighted by Crippen LogP contribution is 2.15. The van der Waals surface area contributed by atoms with Crippen LogP contribution in [-0.2, 0) is 16.1 Å². The molecule has 1 aromatic carbocycles. The topological polar surface area (TPSA) is 106 Å². The van der Waals surface area contributed by atoms with E-state index < -0.39 is 11.8 Å². The first kappa shape index (κ1) is 14.4. The lowest BCUT2D eigenvalue weighted by Gasteiger charge is -2.09. The van der Waals surface area contributed by atoms with Crippen molar-refractivity contribution in [3.05, 3.63) is 59.9 Å². The Bertz CT molecular complexity index is 699. The number of aliphatic hydroxyl groups excluding tert-OH is 1. The van der Waals surface area contributed by atoms with Crippen LogP contribution >= 0.6 is 0 Å². The van der Waals surface area contributed by atoms with Crippen molar-refractivity contribution in [1.82, 2.24) is 4.57 Å². The maximum atomic E-state index is 11.1. The highest BCUT2D eigenvalue weighted by Gasteiger charge is 2.12. The van der Waals surface area contributed by atoms with Crippen LogP contribution in [0.25, 0.3) is 5.76 Å². The number of benzene rings is 1. The van der Waals surface area contributed by atoms with Crippen LogP contribution in [0.5, 0.6) is 0 Å². The first-order chi connectivity index (χ1) is 9.97. The van der Waals surface area contributed by atoms with Crippen LogP contribution in [0.15, 0.2) is 48.7 Å². The number of rotatable bonds is 5. The molecule has 1 aromatic heterocycles. The molecule has 0 aliphatic rings. The van der Waals surface area contributed by atoms with Gasteiger partial charge in [0.1, 0.15) is 5.76 Å². The van der Waals surface area contributed by atoms with E-state index in [4.69, 9.17) is 10.8 Å². The van der Waals surface area contributed by atoms with E-state index >= 15 is 0 Å². The third-order valence-electron chi connectivity index (χ3n) is 2.90. The molecule has 2 rings (SSSR count). The van der Waals surface area contributed by atoms with Gasteiger partial charge in [-0.05, 0) is 29.8 Å². The maximum absolute atomic E-state index is 11.1. The van der Waals surface area contributed by atoms with Crippen LogP contribution in [0.4, 0.5) is 5.69 Å². The Labute approximate surface area is 120 Å². The van der Waals surface area contributed by atoms with Gasteiger partial charge in [-0.3, -0.25) is 4.79 Å². The van der Waals surface area contributed by atoms with Crippen LogP contribution < -0.4 is 5.73 Å². The smallest absolute Gasteiger partial charge is 0.376 e. The van der Waals surface area contributed by atoms with Gasteiger partial charge in [-0.1, -0.05) is 12.1 Å². The normalized spacial score (nSPS) is 11.3. The lowest BCUT2D eigenvalue weighted by molar-refractivity contribution is -0.146. The van der Waals surface area contributed by atoms with Crippen LogP contribution in [0, 0.1) is 0 Å². The number of carboxylic acids is 1. The van der Waals surface area contributed by atoms with Crippen molar-refractivity contribution in [2.45, 2.75) is 6.54 Å². The van der Waals surface area contributed by atoms with Gasteiger partial charge in [0.05, 0.1) is 5.69 Å². The Morgan fingerprint density at radius 3 is 2.43 bits per heavy atom. The van der Waals surface area contributed by atoms with Gasteiger partial charge in [-0.25, -0.2) is 4.79 Å². The molecule has 0 aliphatic heterocycles. The Kier molecular flexibility index (Phi) is 4.08. The second-order valence-corrected chi connectivity index (χ2v) is 4.46. The molecular formula is C15H14N2O4. The Balaban J connectivity index is 2.24. The van der Waals surface area contributed by atoms with E-state index in [2.05, 4.69) is 0 Å². The van der Waals surface area contributed by atoms with E-state index in [1.165, 1.54) is 0 Å². The molecule has 0 unspecified atom stereocenters. The molecule has 0 atom stereocenters. The average Bonchev–Trinajstić information content (AvgIpc) is 2.89. The Morgan fingerprint density at radius 1 is 1.14 bits per heavy atom. The maximum Gasteiger partial charge on any atom is 0.376 e. The van der Waals surface area contributed by atoms with Crippen molar-refractivity contribution in [3.8, 4) is 0 Å². The van der Waals surface area contributed by atoms with Crippen molar-refractivity contribution < 1.29 is 19.8 Å². The van der Waals surface area contributed by atoms with E-state index in [0.29, 0.717) is 24.0 Å². The van der Waals surface area contributed by atoms with Crippen molar-refractivity contribution in [2.75, 3.05) is 5.73 Å². The molecule has 0 spiro atoms. The molecule has 4 N–H and O–H groups in total. The fraction of sp³-hybridized carbons (Fsp3) is 0.0667. The van der Waals surface area contributed by atoms with Crippen molar-refractivity contribution in [2.24, 2.45) is 0 Å². The zero-order valence-electron chi connectivity index (χ0n) is 11.1. The van der Waals surface area contributed by atoms with Crippen molar-refractivity contribution in [3.63, 3.8) is 0 Å². The van der Waals surface area contributed by atoms with Gasteiger partial charge >= 0.3 is 5.97 Å². The molecule has 0 radical (unpaired) electrons. The van der Waals surface area contributed by atoms with Crippen LogP contribution in [-0.4, -0.2) is 26.5 Å². The summed E-state index contributed by atoms with van der Waals surface area (Å²) in [7, 11) is 0. The van der Waals surface area contributed by atoms with E-state index in [1.54, 1.807) is 35.0 Å². The highest BCUT2D eigenvalue weighted by molar-refractivity contribution is 6.38. The number of carbonyl (C=O) groups excluding carboxylic acids is 1. The predicted octanol–water partition coefficient (Wildman–Crippen LogP) is 1.67. The Morgan fingerprint density at radius 2 is 1.81 bits per heavy atom. The molecule has 0 aliphatic carbocycles. The summed E-state index contributed by atoms with van der Waals surface area (Å²) >= 11 is 0. The minimum atomic E-state index is -1.61. The number of hydrogen-bond donors (Lipinski definition) is 3. The van der Waals surface area contributed by atoms with E-state index in [1.807, 2.05) is 12.1 Å². The standard InChI is InChI=1S/C15H14N2O4/c16-11-5-3-10(4-6-11)9-17-7-1-2-12(17)13(18)8-14(19)15(20)21/h1-8,18H,9,16H2,(H,20,21). The molecule has 1 heterocycles. The number of carboxylic acid groups (broad SMARTS) is 1. The van der Waals surface area contributed by atoms with E-state index in [-0.39, 0.29) is 5.76 Å². The zero-order chi connectivity index (χ0) is 15.4. The number of nitrogen functional groups attached to an aromatic ring is 1. The van der Waals surface area contributed by atoms with Crippen LogP contribution in [0.2, 0.25) is 0 Å². The number of nitrogens with zero attached hydrogens (tertiary/aromatic N) is 1. The van der Waals surface area contributed by atoms with Crippen molar-refractivity contribution in [1.29, 1.82) is 0 Å². The average molecular weight is 286 g/mol. The van der Waals surface area contributed by atoms with E-state index in [9.17, 15) is 14.7 Å². The monoisotopic (exact) mass is 286 g/mol. The number of ketones is 1. The summed E-state index contributed by atoms with van der Waals surface area (Å²) in [5.74, 6) is -3.17. The second-order valence-electron chi connectivity index (χ2n) is 4.46. The number of aliphatic carboxylic acids is 1. The minimum absolute atomic E-state index is 0.362. The molecular weight excluding hydrogens is 272 g/mol. The SMILES string of the molecule is Nc1ccc(Cn2cccc2C(O)=CC(=O)C(=O)O)cc1. The van der Waals surface area contributed by atoms with E-state index in [0.717, 1.165) is 5.56 Å². The number of anilines is 1. The van der Waals surface area contributed by atoms with Crippen molar-refractivity contribution >= 4 is 23.2 Å². The second kappa shape index (κ2) is 5.96. The summed E-state index contributed by atoms with van der Waals surface area (Å²) in [6, 6.07) is 10.5. The minimum Gasteiger partial charge on any atom is -0.506 e. The summed E-state index contributed by atoms with van der Waals surface area (Å²) in [4.78, 5) is 21.6. The molecule has 6 nitrogen and oxygen atoms in total. The van der Waals surface area contributed by atoms with Gasteiger partial charge < -0.3 is 20.5 Å². The van der Waals surface area contributed by atoms with Gasteiger partial charge in [0.25, 0.3) is 5.78 Å². The molecule has 2 aromatic rings. The lowest BCUT2D eigenvalue weighted by atomic mass is 10.2. The first-order valence-corrected chi connectivity index (χ1v) is 6.15. The highest BCUT2D eigenvalue weighted by atomic mass is 16.4. The summed E-state index contributed by atoms with van der Waals surface area (Å²) in [5, 5.41) is 18.4. The molecule has 0 amide bonds. The Hall–Kier alpha value is -3.02. The van der Waals surface area contributed by atoms with Gasteiger partial charge in [-0.15, -0.1) is 0 Å². The van der Waals surface area contributed by atoms with Crippen LogP contribution in [0.3, 0.4) is 0 Å². The number of carbonyl (C=O) groups is 2. The van der Waals surface area contributed by atoms with Gasteiger partial charge in [0, 0.05) is 24.5 Å². The third kappa shape index (κ3) is 3.50. The molecule has 21 heavy (non-hydrogen) atoms. The van der Waals surface area contributed by atoms with Crippen LogP contribution in [0.1, 0.15) is 11.3 Å². The summed E-state index contributed by atoms with van der Waals surface area (Å²) in [5.41, 5.74) is 7.59. The fourth-order valence-corrected chi connectivity index (χ4v) is 1.86. The molecule has 0 fully saturated rings. The molecule has 0 saturated carbocycles. The largest absolute Gasteiger partial charge is 0.506 e. The molecule has 0 saturated heterocycles. The number of aromatic nitrogens is 1. The fourth-order valence-electron chi connectivity index (χ4n) is 1.86. The number of nitrogens with two attached hydrogens (primary N) is 1. The van der Waals surface area contributed by atoms with Gasteiger partial charge in [0.15, 0.2) is 0 Å². The summed E-state index contributed by atoms with van der Waals surface area (Å²) in [6.45, 7) is 0.460. The predicted molar refractivity (Wildman–Crippen MR) is 77.6 cm³/mol. The zero-order valence-corrected chi connectivity index (χ0v) is 11.1. The summed E-state index contributed by atoms with van der Waals surface area (Å²) < 4.78 is 1.70. The molecule has 6 heteroatoms. The lowest BCUT2D eigenvalue weighted by Crippen LogP contribution is -2.10. The van der Waals surface area contributed by atoms with Gasteiger partial charge in [-0.2, -0.15) is 0 Å². The number of hydrogen-bond acceptors (Lipinski definition) is 4. The first-order valence-electron chi connectivity index (χ1n) is 6.15. The third-order valence-corrected chi connectivity index (χ3v) is 2.90. The summed E-state index contributed by atoms with van der Waals surface area (Å²) in [6.07, 6.45) is 2.41. The number of aliphatic hydroxyl groups is 1. The van der Waals surface area contributed by atoms with Gasteiger partial charge in [0.2, 0.25) is 0 Å².